The van der Waals surface area contributed by atoms with Crippen LogP contribution in [0.2, 0.25) is 6.55 Å². The molecule has 0 aromatic rings. The van der Waals surface area contributed by atoms with Crippen LogP contribution in [0.5, 0.6) is 0 Å². The summed E-state index contributed by atoms with van der Waals surface area (Å²) in [6.45, 7) is 13.7. The van der Waals surface area contributed by atoms with Crippen molar-refractivity contribution in [3.63, 3.8) is 0 Å². The van der Waals surface area contributed by atoms with Gasteiger partial charge in [0.05, 0.1) is 6.26 Å². The molecule has 0 fully saturated rings. The van der Waals surface area contributed by atoms with Crippen molar-refractivity contribution in [2.24, 2.45) is 0 Å². The Bertz CT molecular complexity index is 199. The monoisotopic (exact) mass is 274 g/mol. The first-order valence-corrected chi connectivity index (χ1v) is 9.58. The molecule has 0 spiro atoms. The normalized spacial score (nSPS) is 13.3. The smallest absolute Gasteiger partial charge is 0.377 e. The SMILES string of the molecule is C=COC(CC)[Si](C)(OCCCC)OCCCC. The van der Waals surface area contributed by atoms with Crippen LogP contribution in [0.3, 0.4) is 0 Å². The highest BCUT2D eigenvalue weighted by Gasteiger charge is 2.41. The van der Waals surface area contributed by atoms with Crippen LogP contribution in [0, 0.1) is 0 Å². The average Bonchev–Trinajstić information content (AvgIpc) is 2.36. The third-order valence-corrected chi connectivity index (χ3v) is 6.26. The van der Waals surface area contributed by atoms with Crippen molar-refractivity contribution in [1.82, 2.24) is 0 Å². The van der Waals surface area contributed by atoms with Gasteiger partial charge in [0, 0.05) is 13.2 Å². The van der Waals surface area contributed by atoms with Crippen molar-refractivity contribution in [3.05, 3.63) is 12.8 Å². The second-order valence-corrected chi connectivity index (χ2v) is 7.87. The van der Waals surface area contributed by atoms with E-state index in [0.717, 1.165) is 45.3 Å². The van der Waals surface area contributed by atoms with Gasteiger partial charge < -0.3 is 13.6 Å². The third-order valence-electron chi connectivity index (χ3n) is 2.99. The Morgan fingerprint density at radius 3 is 1.89 bits per heavy atom. The molecule has 0 aliphatic heterocycles. The highest BCUT2D eigenvalue weighted by atomic mass is 28.4. The molecule has 1 atom stereocenters. The summed E-state index contributed by atoms with van der Waals surface area (Å²) in [5, 5.41) is 0. The summed E-state index contributed by atoms with van der Waals surface area (Å²) in [5.41, 5.74) is 0.0312. The minimum absolute atomic E-state index is 0.0312. The Morgan fingerprint density at radius 1 is 1.06 bits per heavy atom. The molecule has 0 amide bonds. The topological polar surface area (TPSA) is 27.7 Å². The summed E-state index contributed by atoms with van der Waals surface area (Å²) in [7, 11) is -2.27. The Hall–Kier alpha value is -0.323. The Balaban J connectivity index is 4.47. The lowest BCUT2D eigenvalue weighted by molar-refractivity contribution is 0.0932. The Morgan fingerprint density at radius 2 is 1.56 bits per heavy atom. The molecule has 18 heavy (non-hydrogen) atoms. The summed E-state index contributed by atoms with van der Waals surface area (Å²) in [6.07, 6.45) is 6.82. The fourth-order valence-electron chi connectivity index (χ4n) is 1.77. The van der Waals surface area contributed by atoms with E-state index in [-0.39, 0.29) is 5.73 Å². The molecule has 0 aromatic carbocycles. The van der Waals surface area contributed by atoms with E-state index in [4.69, 9.17) is 13.6 Å². The molecule has 3 nitrogen and oxygen atoms in total. The van der Waals surface area contributed by atoms with Crippen LogP contribution in [0.25, 0.3) is 0 Å². The van der Waals surface area contributed by atoms with Gasteiger partial charge in [-0.3, -0.25) is 0 Å². The van der Waals surface area contributed by atoms with Crippen molar-refractivity contribution >= 4 is 8.56 Å². The van der Waals surface area contributed by atoms with Crippen molar-refractivity contribution in [2.45, 2.75) is 65.1 Å². The van der Waals surface area contributed by atoms with E-state index in [1.807, 2.05) is 0 Å². The molecule has 0 bridgehead atoms. The molecule has 0 saturated heterocycles. The fourth-order valence-corrected chi connectivity index (χ4v) is 4.41. The van der Waals surface area contributed by atoms with Gasteiger partial charge in [-0.05, 0) is 25.8 Å². The van der Waals surface area contributed by atoms with Crippen LogP contribution in [-0.2, 0) is 13.6 Å². The largest absolute Gasteiger partial charge is 0.497 e. The number of hydrogen-bond donors (Lipinski definition) is 0. The van der Waals surface area contributed by atoms with E-state index in [1.165, 1.54) is 6.26 Å². The van der Waals surface area contributed by atoms with Gasteiger partial charge in [0.1, 0.15) is 5.73 Å². The average molecular weight is 274 g/mol. The van der Waals surface area contributed by atoms with Crippen molar-refractivity contribution in [2.75, 3.05) is 13.2 Å². The summed E-state index contributed by atoms with van der Waals surface area (Å²) < 4.78 is 17.7. The lowest BCUT2D eigenvalue weighted by Gasteiger charge is -2.33. The molecule has 0 heterocycles. The number of hydrogen-bond acceptors (Lipinski definition) is 3. The van der Waals surface area contributed by atoms with Crippen LogP contribution in [0.4, 0.5) is 0 Å². The molecule has 0 aliphatic rings. The first-order chi connectivity index (χ1) is 8.64. The molecule has 0 N–H and O–H groups in total. The summed E-state index contributed by atoms with van der Waals surface area (Å²) in [5.74, 6) is 0. The predicted molar refractivity (Wildman–Crippen MR) is 78.7 cm³/mol. The van der Waals surface area contributed by atoms with Crippen molar-refractivity contribution < 1.29 is 13.6 Å². The maximum atomic E-state index is 6.07. The van der Waals surface area contributed by atoms with Gasteiger partial charge in [-0.1, -0.05) is 40.2 Å². The number of ether oxygens (including phenoxy) is 1. The van der Waals surface area contributed by atoms with E-state index in [9.17, 15) is 0 Å². The van der Waals surface area contributed by atoms with E-state index >= 15 is 0 Å². The van der Waals surface area contributed by atoms with Gasteiger partial charge in [-0.15, -0.1) is 0 Å². The summed E-state index contributed by atoms with van der Waals surface area (Å²) in [4.78, 5) is 0. The first kappa shape index (κ1) is 17.7. The molecule has 0 rings (SSSR count). The molecule has 0 radical (unpaired) electrons. The van der Waals surface area contributed by atoms with E-state index in [1.54, 1.807) is 0 Å². The molecule has 0 saturated carbocycles. The van der Waals surface area contributed by atoms with Gasteiger partial charge in [0.15, 0.2) is 0 Å². The number of unbranched alkanes of at least 4 members (excludes halogenated alkanes) is 2. The summed E-state index contributed by atoms with van der Waals surface area (Å²) >= 11 is 0. The lowest BCUT2D eigenvalue weighted by atomic mass is 10.4. The lowest BCUT2D eigenvalue weighted by Crippen LogP contribution is -2.51. The molecular formula is C14H30O3Si. The Kier molecular flexibility index (Phi) is 10.4. The van der Waals surface area contributed by atoms with Crippen LogP contribution in [0.15, 0.2) is 12.8 Å². The zero-order valence-electron chi connectivity index (χ0n) is 12.5. The zero-order valence-corrected chi connectivity index (χ0v) is 13.5. The van der Waals surface area contributed by atoms with Gasteiger partial charge in [0.25, 0.3) is 0 Å². The molecule has 0 aliphatic carbocycles. The quantitative estimate of drug-likeness (QED) is 0.304. The standard InChI is InChI=1S/C14H30O3Si/c1-6-10-12-16-18(5,17-13-11-7-2)14(8-3)15-9-4/h9,14H,4,6-8,10-13H2,1-3,5H3. The predicted octanol–water partition coefficient (Wildman–Crippen LogP) is 4.17. The van der Waals surface area contributed by atoms with Crippen molar-refractivity contribution in [1.29, 1.82) is 0 Å². The van der Waals surface area contributed by atoms with Gasteiger partial charge in [0.2, 0.25) is 0 Å². The maximum absolute atomic E-state index is 6.07. The van der Waals surface area contributed by atoms with Gasteiger partial charge in [-0.25, -0.2) is 0 Å². The third kappa shape index (κ3) is 6.57. The van der Waals surface area contributed by atoms with Crippen LogP contribution >= 0.6 is 0 Å². The molecule has 108 valence electrons. The highest BCUT2D eigenvalue weighted by Crippen LogP contribution is 2.20. The van der Waals surface area contributed by atoms with Crippen LogP contribution < -0.4 is 0 Å². The molecule has 1 unspecified atom stereocenters. The van der Waals surface area contributed by atoms with Crippen LogP contribution in [-0.4, -0.2) is 27.5 Å². The zero-order chi connectivity index (χ0) is 13.9. The molecule has 0 aromatic heterocycles. The van der Waals surface area contributed by atoms with E-state index < -0.39 is 8.56 Å². The molecule has 4 heteroatoms. The van der Waals surface area contributed by atoms with Crippen LogP contribution in [0.1, 0.15) is 52.9 Å². The van der Waals surface area contributed by atoms with Gasteiger partial charge in [-0.2, -0.15) is 0 Å². The minimum Gasteiger partial charge on any atom is -0.497 e. The highest BCUT2D eigenvalue weighted by molar-refractivity contribution is 6.67. The maximum Gasteiger partial charge on any atom is 0.377 e. The fraction of sp³-hybridized carbons (Fsp3) is 0.857. The van der Waals surface area contributed by atoms with E-state index in [2.05, 4.69) is 33.9 Å². The summed E-state index contributed by atoms with van der Waals surface area (Å²) in [6, 6.07) is 0. The second-order valence-electron chi connectivity index (χ2n) is 4.62. The number of rotatable bonds is 12. The molecular weight excluding hydrogens is 244 g/mol. The van der Waals surface area contributed by atoms with Crippen molar-refractivity contribution in [3.8, 4) is 0 Å². The van der Waals surface area contributed by atoms with Gasteiger partial charge >= 0.3 is 8.56 Å². The minimum atomic E-state index is -2.27. The second kappa shape index (κ2) is 10.6. The van der Waals surface area contributed by atoms with E-state index in [0.29, 0.717) is 0 Å². The Labute approximate surface area is 114 Å². The first-order valence-electron chi connectivity index (χ1n) is 7.18.